The highest BCUT2D eigenvalue weighted by Gasteiger charge is 2.13. The molecule has 28 heavy (non-hydrogen) atoms. The van der Waals surface area contributed by atoms with Crippen LogP contribution in [0.3, 0.4) is 0 Å². The maximum atomic E-state index is 13.0. The maximum Gasteiger partial charge on any atom is 0.310 e. The number of anilines is 1. The zero-order chi connectivity index (χ0) is 20.1. The van der Waals surface area contributed by atoms with Crippen LogP contribution in [0, 0.1) is 5.82 Å². The molecule has 0 atom stereocenters. The fourth-order valence-electron chi connectivity index (χ4n) is 2.26. The van der Waals surface area contributed by atoms with E-state index in [1.54, 1.807) is 29.6 Å². The van der Waals surface area contributed by atoms with Crippen molar-refractivity contribution in [3.63, 3.8) is 0 Å². The molecule has 0 aliphatic carbocycles. The van der Waals surface area contributed by atoms with Crippen molar-refractivity contribution < 1.29 is 18.7 Å². The number of thiazole rings is 1. The quantitative estimate of drug-likeness (QED) is 0.550. The summed E-state index contributed by atoms with van der Waals surface area (Å²) in [6.45, 7) is -0.449. The van der Waals surface area contributed by atoms with Gasteiger partial charge in [0.05, 0.1) is 12.1 Å². The van der Waals surface area contributed by atoms with Gasteiger partial charge in [0.1, 0.15) is 5.82 Å². The Morgan fingerprint density at radius 2 is 1.89 bits per heavy atom. The summed E-state index contributed by atoms with van der Waals surface area (Å²) in [6.07, 6.45) is -0.0742. The molecule has 5 nitrogen and oxygen atoms in total. The summed E-state index contributed by atoms with van der Waals surface area (Å²) in [4.78, 5) is 28.1. The molecule has 0 unspecified atom stereocenters. The molecule has 0 aliphatic rings. The Balaban J connectivity index is 1.50. The van der Waals surface area contributed by atoms with Gasteiger partial charge in [0.2, 0.25) is 0 Å². The molecule has 0 saturated heterocycles. The predicted octanol–water partition coefficient (Wildman–Crippen LogP) is 4.98. The van der Waals surface area contributed by atoms with Crippen LogP contribution < -0.4 is 5.32 Å². The molecule has 1 aromatic heterocycles. The van der Waals surface area contributed by atoms with E-state index in [0.29, 0.717) is 26.4 Å². The predicted molar refractivity (Wildman–Crippen MR) is 107 cm³/mol. The molecule has 3 rings (SSSR count). The number of ether oxygens (including phenoxy) is 1. The molecule has 0 aliphatic heterocycles. The number of nitrogens with one attached hydrogen (secondary N) is 1. The molecule has 1 amide bonds. The fraction of sp³-hybridized carbons (Fsp3) is 0.105. The number of hydrogen-bond acceptors (Lipinski definition) is 5. The largest absolute Gasteiger partial charge is 0.455 e. The van der Waals surface area contributed by atoms with Crippen LogP contribution in [0.5, 0.6) is 0 Å². The standard InChI is InChI=1S/C19H13Cl2FN2O3S/c20-13-4-1-12(15(21)8-13)7-18(26)27-9-17(25)24-19-23-16(10-28-19)11-2-5-14(22)6-3-11/h1-6,8,10H,7,9H2,(H,23,24,25). The number of nitrogens with zero attached hydrogens (tertiary/aromatic N) is 1. The van der Waals surface area contributed by atoms with Crippen LogP contribution >= 0.6 is 34.5 Å². The van der Waals surface area contributed by atoms with Crippen molar-refractivity contribution in [3.8, 4) is 11.3 Å². The molecule has 0 radical (unpaired) electrons. The molecule has 0 saturated carbocycles. The third-order valence-corrected chi connectivity index (χ3v) is 4.95. The van der Waals surface area contributed by atoms with E-state index in [9.17, 15) is 14.0 Å². The molecular formula is C19H13Cl2FN2O3S. The van der Waals surface area contributed by atoms with Crippen LogP contribution in [0.4, 0.5) is 9.52 Å². The minimum absolute atomic E-state index is 0.0742. The van der Waals surface area contributed by atoms with Crippen molar-refractivity contribution in [3.05, 3.63) is 69.3 Å². The van der Waals surface area contributed by atoms with Crippen LogP contribution in [0.2, 0.25) is 10.0 Å². The molecule has 9 heteroatoms. The SMILES string of the molecule is O=C(COC(=O)Cc1ccc(Cl)cc1Cl)Nc1nc(-c2ccc(F)cc2)cs1. The van der Waals surface area contributed by atoms with Gasteiger partial charge in [-0.25, -0.2) is 9.37 Å². The number of carbonyl (C=O) groups is 2. The van der Waals surface area contributed by atoms with Crippen LogP contribution in [-0.2, 0) is 20.7 Å². The summed E-state index contributed by atoms with van der Waals surface area (Å²) in [5, 5.41) is 5.45. The molecule has 0 spiro atoms. The van der Waals surface area contributed by atoms with Crippen LogP contribution in [0.15, 0.2) is 47.8 Å². The van der Waals surface area contributed by atoms with E-state index < -0.39 is 18.5 Å². The van der Waals surface area contributed by atoms with Crippen LogP contribution in [0.25, 0.3) is 11.3 Å². The number of carbonyl (C=O) groups excluding carboxylic acids is 2. The second kappa shape index (κ2) is 9.14. The van der Waals surface area contributed by atoms with Crippen LogP contribution in [0.1, 0.15) is 5.56 Å². The number of aromatic nitrogens is 1. The molecule has 144 valence electrons. The van der Waals surface area contributed by atoms with Crippen molar-refractivity contribution in [2.24, 2.45) is 0 Å². The summed E-state index contributed by atoms with van der Waals surface area (Å²) >= 11 is 13.0. The van der Waals surface area contributed by atoms with E-state index in [1.165, 1.54) is 29.5 Å². The monoisotopic (exact) mass is 438 g/mol. The number of hydrogen-bond donors (Lipinski definition) is 1. The molecule has 2 aromatic carbocycles. The second-order valence-corrected chi connectivity index (χ2v) is 7.37. The number of amides is 1. The van der Waals surface area contributed by atoms with E-state index >= 15 is 0 Å². The lowest BCUT2D eigenvalue weighted by Gasteiger charge is -2.06. The van der Waals surface area contributed by atoms with Crippen molar-refractivity contribution >= 4 is 51.5 Å². The second-order valence-electron chi connectivity index (χ2n) is 5.67. The van der Waals surface area contributed by atoms with E-state index in [-0.39, 0.29) is 12.2 Å². The van der Waals surface area contributed by atoms with Crippen molar-refractivity contribution in [1.29, 1.82) is 0 Å². The van der Waals surface area contributed by atoms with Crippen molar-refractivity contribution in [2.75, 3.05) is 11.9 Å². The van der Waals surface area contributed by atoms with Gasteiger partial charge in [-0.1, -0.05) is 29.3 Å². The Bertz CT molecular complexity index is 1010. The average molecular weight is 439 g/mol. The van der Waals surface area contributed by atoms with Gasteiger partial charge < -0.3 is 4.74 Å². The zero-order valence-electron chi connectivity index (χ0n) is 14.2. The van der Waals surface area contributed by atoms with Gasteiger partial charge in [0.25, 0.3) is 5.91 Å². The van der Waals surface area contributed by atoms with Gasteiger partial charge in [0, 0.05) is 21.0 Å². The highest BCUT2D eigenvalue weighted by Crippen LogP contribution is 2.25. The first-order valence-electron chi connectivity index (χ1n) is 8.01. The lowest BCUT2D eigenvalue weighted by Crippen LogP contribution is -2.21. The van der Waals surface area contributed by atoms with Gasteiger partial charge in [-0.2, -0.15) is 0 Å². The minimum atomic E-state index is -0.592. The lowest BCUT2D eigenvalue weighted by molar-refractivity contribution is -0.146. The topological polar surface area (TPSA) is 68.3 Å². The number of rotatable bonds is 6. The van der Waals surface area contributed by atoms with Gasteiger partial charge in [-0.15, -0.1) is 11.3 Å². The Labute approximate surface area is 174 Å². The zero-order valence-corrected chi connectivity index (χ0v) is 16.6. The van der Waals surface area contributed by atoms with Gasteiger partial charge >= 0.3 is 5.97 Å². The molecular weight excluding hydrogens is 426 g/mol. The minimum Gasteiger partial charge on any atom is -0.455 e. The Morgan fingerprint density at radius 3 is 2.61 bits per heavy atom. The Hall–Kier alpha value is -2.48. The smallest absolute Gasteiger partial charge is 0.310 e. The van der Waals surface area contributed by atoms with E-state index in [2.05, 4.69) is 10.3 Å². The first-order chi connectivity index (χ1) is 13.4. The van der Waals surface area contributed by atoms with E-state index in [0.717, 1.165) is 5.56 Å². The third-order valence-electron chi connectivity index (χ3n) is 3.60. The van der Waals surface area contributed by atoms with Gasteiger partial charge in [-0.05, 0) is 42.0 Å². The maximum absolute atomic E-state index is 13.0. The Kier molecular flexibility index (Phi) is 6.61. The summed E-state index contributed by atoms with van der Waals surface area (Å²) in [7, 11) is 0. The number of halogens is 3. The Morgan fingerprint density at radius 1 is 1.14 bits per heavy atom. The molecule has 0 bridgehead atoms. The lowest BCUT2D eigenvalue weighted by atomic mass is 10.1. The van der Waals surface area contributed by atoms with Gasteiger partial charge in [0.15, 0.2) is 11.7 Å². The molecule has 1 heterocycles. The summed E-state index contributed by atoms with van der Waals surface area (Å²) < 4.78 is 17.9. The van der Waals surface area contributed by atoms with Gasteiger partial charge in [-0.3, -0.25) is 14.9 Å². The van der Waals surface area contributed by atoms with Crippen molar-refractivity contribution in [2.45, 2.75) is 6.42 Å². The first-order valence-corrected chi connectivity index (χ1v) is 9.65. The average Bonchev–Trinajstić information content (AvgIpc) is 3.11. The fourth-order valence-corrected chi connectivity index (χ4v) is 3.47. The summed E-state index contributed by atoms with van der Waals surface area (Å²) in [5.41, 5.74) is 1.89. The summed E-state index contributed by atoms with van der Waals surface area (Å²) in [6, 6.07) is 10.6. The van der Waals surface area contributed by atoms with Crippen molar-refractivity contribution in [1.82, 2.24) is 4.98 Å². The number of esters is 1. The molecule has 0 fully saturated rings. The molecule has 3 aromatic rings. The highest BCUT2D eigenvalue weighted by molar-refractivity contribution is 7.14. The molecule has 1 N–H and O–H groups in total. The van der Waals surface area contributed by atoms with E-state index in [4.69, 9.17) is 27.9 Å². The normalized spacial score (nSPS) is 10.5. The number of benzene rings is 2. The summed E-state index contributed by atoms with van der Waals surface area (Å²) in [5.74, 6) is -1.45. The van der Waals surface area contributed by atoms with E-state index in [1.807, 2.05) is 0 Å². The third kappa shape index (κ3) is 5.51. The highest BCUT2D eigenvalue weighted by atomic mass is 35.5. The first kappa shape index (κ1) is 20.3. The van der Waals surface area contributed by atoms with Crippen LogP contribution in [-0.4, -0.2) is 23.5 Å².